The molecule has 0 atom stereocenters. The van der Waals surface area contributed by atoms with Gasteiger partial charge in [0.1, 0.15) is 16.5 Å². The van der Waals surface area contributed by atoms with E-state index in [1.807, 2.05) is 11.3 Å². The van der Waals surface area contributed by atoms with Gasteiger partial charge in [0.2, 0.25) is 0 Å². The van der Waals surface area contributed by atoms with Crippen molar-refractivity contribution in [3.63, 3.8) is 0 Å². The molecule has 0 aromatic carbocycles. The zero-order valence-electron chi connectivity index (χ0n) is 11.0. The van der Waals surface area contributed by atoms with Crippen molar-refractivity contribution < 1.29 is 0 Å². The standard InChI is InChI=1S/C14H19N3S/c1-8(2)7-11-16-13(15)12-9-5-3-4-6-10(9)18-14(12)17-11/h8H,3-7H2,1-2H3,(H2,15,16,17). The van der Waals surface area contributed by atoms with Gasteiger partial charge in [-0.15, -0.1) is 11.3 Å². The number of aromatic nitrogens is 2. The summed E-state index contributed by atoms with van der Waals surface area (Å²) in [5.41, 5.74) is 7.58. The van der Waals surface area contributed by atoms with E-state index >= 15 is 0 Å². The lowest BCUT2D eigenvalue weighted by atomic mass is 9.97. The first-order valence-electron chi connectivity index (χ1n) is 6.71. The quantitative estimate of drug-likeness (QED) is 0.902. The molecule has 1 aliphatic carbocycles. The van der Waals surface area contributed by atoms with Gasteiger partial charge in [0.25, 0.3) is 0 Å². The lowest BCUT2D eigenvalue weighted by Gasteiger charge is -2.11. The van der Waals surface area contributed by atoms with Crippen LogP contribution in [0.25, 0.3) is 10.2 Å². The minimum absolute atomic E-state index is 0.566. The van der Waals surface area contributed by atoms with Crippen LogP contribution in [0, 0.1) is 5.92 Å². The monoisotopic (exact) mass is 261 g/mol. The van der Waals surface area contributed by atoms with E-state index < -0.39 is 0 Å². The Morgan fingerprint density at radius 1 is 1.22 bits per heavy atom. The van der Waals surface area contributed by atoms with Gasteiger partial charge in [-0.3, -0.25) is 0 Å². The second kappa shape index (κ2) is 4.50. The lowest BCUT2D eigenvalue weighted by Crippen LogP contribution is -2.05. The summed E-state index contributed by atoms with van der Waals surface area (Å²) in [6.45, 7) is 4.37. The Balaban J connectivity index is 2.14. The number of thiophene rings is 1. The molecular weight excluding hydrogens is 242 g/mol. The molecule has 0 fully saturated rings. The number of hydrogen-bond donors (Lipinski definition) is 1. The van der Waals surface area contributed by atoms with Crippen molar-refractivity contribution in [1.82, 2.24) is 9.97 Å². The molecule has 2 aromatic heterocycles. The van der Waals surface area contributed by atoms with Crippen molar-refractivity contribution >= 4 is 27.4 Å². The summed E-state index contributed by atoms with van der Waals surface area (Å²) in [5, 5.41) is 1.14. The van der Waals surface area contributed by atoms with Crippen LogP contribution in [-0.2, 0) is 19.3 Å². The van der Waals surface area contributed by atoms with Crippen molar-refractivity contribution in [3.05, 3.63) is 16.3 Å². The molecule has 0 amide bonds. The summed E-state index contributed by atoms with van der Waals surface area (Å²) < 4.78 is 0. The first kappa shape index (κ1) is 11.9. The predicted molar refractivity (Wildman–Crippen MR) is 77.0 cm³/mol. The van der Waals surface area contributed by atoms with E-state index in [1.165, 1.54) is 29.7 Å². The van der Waals surface area contributed by atoms with Gasteiger partial charge in [-0.1, -0.05) is 13.8 Å². The van der Waals surface area contributed by atoms with Crippen molar-refractivity contribution in [2.75, 3.05) is 5.73 Å². The first-order chi connectivity index (χ1) is 8.65. The van der Waals surface area contributed by atoms with Gasteiger partial charge in [0, 0.05) is 11.3 Å². The highest BCUT2D eigenvalue weighted by Crippen LogP contribution is 2.37. The van der Waals surface area contributed by atoms with Crippen LogP contribution in [0.15, 0.2) is 0 Å². The van der Waals surface area contributed by atoms with Crippen LogP contribution in [0.4, 0.5) is 5.82 Å². The van der Waals surface area contributed by atoms with Crippen molar-refractivity contribution in [2.24, 2.45) is 5.92 Å². The molecule has 4 heteroatoms. The third kappa shape index (κ3) is 1.99. The third-order valence-electron chi connectivity index (χ3n) is 3.48. The number of anilines is 1. The van der Waals surface area contributed by atoms with Gasteiger partial charge in [-0.25, -0.2) is 9.97 Å². The number of hydrogen-bond acceptors (Lipinski definition) is 4. The fourth-order valence-corrected chi connectivity index (χ4v) is 3.98. The van der Waals surface area contributed by atoms with Crippen LogP contribution < -0.4 is 5.73 Å². The molecule has 0 bridgehead atoms. The SMILES string of the molecule is CC(C)Cc1nc(N)c2c3c(sc2n1)CCCC3. The molecule has 0 spiro atoms. The molecule has 2 heterocycles. The maximum Gasteiger partial charge on any atom is 0.136 e. The summed E-state index contributed by atoms with van der Waals surface area (Å²) in [6, 6.07) is 0. The van der Waals surface area contributed by atoms with E-state index in [2.05, 4.69) is 18.8 Å². The van der Waals surface area contributed by atoms with Crippen molar-refractivity contribution in [2.45, 2.75) is 46.0 Å². The highest BCUT2D eigenvalue weighted by Gasteiger charge is 2.20. The van der Waals surface area contributed by atoms with Gasteiger partial charge in [-0.2, -0.15) is 0 Å². The Hall–Kier alpha value is -1.16. The van der Waals surface area contributed by atoms with Gasteiger partial charge < -0.3 is 5.73 Å². The Bertz CT molecular complexity index is 586. The summed E-state index contributed by atoms with van der Waals surface area (Å²) in [6.07, 6.45) is 5.81. The maximum atomic E-state index is 6.16. The summed E-state index contributed by atoms with van der Waals surface area (Å²) in [7, 11) is 0. The van der Waals surface area contributed by atoms with Crippen LogP contribution in [-0.4, -0.2) is 9.97 Å². The van der Waals surface area contributed by atoms with E-state index in [4.69, 9.17) is 10.7 Å². The molecule has 0 saturated heterocycles. The number of nitrogen functional groups attached to an aromatic ring is 1. The number of fused-ring (bicyclic) bond motifs is 3. The zero-order valence-corrected chi connectivity index (χ0v) is 11.8. The molecule has 3 rings (SSSR count). The predicted octanol–water partition coefficient (Wildman–Crippen LogP) is 3.35. The van der Waals surface area contributed by atoms with Crippen molar-refractivity contribution in [1.29, 1.82) is 0 Å². The molecule has 0 saturated carbocycles. The first-order valence-corrected chi connectivity index (χ1v) is 7.53. The third-order valence-corrected chi connectivity index (χ3v) is 4.67. The average Bonchev–Trinajstić information content (AvgIpc) is 2.66. The highest BCUT2D eigenvalue weighted by molar-refractivity contribution is 7.19. The molecule has 2 aromatic rings. The molecule has 0 unspecified atom stereocenters. The second-order valence-corrected chi connectivity index (χ2v) is 6.60. The molecule has 0 aliphatic heterocycles. The number of rotatable bonds is 2. The molecular formula is C14H19N3S. The van der Waals surface area contributed by atoms with E-state index in [9.17, 15) is 0 Å². The summed E-state index contributed by atoms with van der Waals surface area (Å²) in [4.78, 5) is 11.8. The van der Waals surface area contributed by atoms with Crippen LogP contribution in [0.1, 0.15) is 43.0 Å². The van der Waals surface area contributed by atoms with E-state index in [1.54, 1.807) is 0 Å². The van der Waals surface area contributed by atoms with Gasteiger partial charge >= 0.3 is 0 Å². The maximum absolute atomic E-state index is 6.16. The summed E-state index contributed by atoms with van der Waals surface area (Å²) >= 11 is 1.82. The zero-order chi connectivity index (χ0) is 12.7. The molecule has 18 heavy (non-hydrogen) atoms. The van der Waals surface area contributed by atoms with Crippen LogP contribution in [0.5, 0.6) is 0 Å². The topological polar surface area (TPSA) is 51.8 Å². The molecule has 96 valence electrons. The Labute approximate surface area is 111 Å². The van der Waals surface area contributed by atoms with Crippen molar-refractivity contribution in [3.8, 4) is 0 Å². The Morgan fingerprint density at radius 2 is 2.00 bits per heavy atom. The minimum atomic E-state index is 0.566. The van der Waals surface area contributed by atoms with E-state index in [-0.39, 0.29) is 0 Å². The minimum Gasteiger partial charge on any atom is -0.383 e. The van der Waals surface area contributed by atoms with Crippen LogP contribution in [0.3, 0.4) is 0 Å². The van der Waals surface area contributed by atoms with Gasteiger partial charge in [0.05, 0.1) is 5.39 Å². The lowest BCUT2D eigenvalue weighted by molar-refractivity contribution is 0.624. The summed E-state index contributed by atoms with van der Waals surface area (Å²) in [5.74, 6) is 2.15. The van der Waals surface area contributed by atoms with E-state index in [0.717, 1.165) is 28.9 Å². The Kier molecular flexibility index (Phi) is 2.98. The molecule has 0 radical (unpaired) electrons. The van der Waals surface area contributed by atoms with Crippen LogP contribution in [0.2, 0.25) is 0 Å². The largest absolute Gasteiger partial charge is 0.383 e. The van der Waals surface area contributed by atoms with Crippen LogP contribution >= 0.6 is 11.3 Å². The smallest absolute Gasteiger partial charge is 0.136 e. The molecule has 2 N–H and O–H groups in total. The molecule has 3 nitrogen and oxygen atoms in total. The highest BCUT2D eigenvalue weighted by atomic mass is 32.1. The molecule has 1 aliphatic rings. The van der Waals surface area contributed by atoms with Gasteiger partial charge in [-0.05, 0) is 37.2 Å². The van der Waals surface area contributed by atoms with E-state index in [0.29, 0.717) is 11.7 Å². The number of aryl methyl sites for hydroxylation is 2. The fourth-order valence-electron chi connectivity index (χ4n) is 2.69. The normalized spacial score (nSPS) is 15.3. The second-order valence-electron chi connectivity index (χ2n) is 5.51. The number of nitrogens with two attached hydrogens (primary N) is 1. The number of nitrogens with zero attached hydrogens (tertiary/aromatic N) is 2. The fraction of sp³-hybridized carbons (Fsp3) is 0.571. The average molecular weight is 261 g/mol. The van der Waals surface area contributed by atoms with Gasteiger partial charge in [0.15, 0.2) is 0 Å². The Morgan fingerprint density at radius 3 is 2.78 bits per heavy atom.